The third kappa shape index (κ3) is 2.95. The summed E-state index contributed by atoms with van der Waals surface area (Å²) in [5, 5.41) is 2.52. The summed E-state index contributed by atoms with van der Waals surface area (Å²) in [6, 6.07) is 2.48. The van der Waals surface area contributed by atoms with Gasteiger partial charge in [-0.2, -0.15) is 0 Å². The molecule has 0 spiro atoms. The number of carbonyl (C=O) groups excluding carboxylic acids is 2. The summed E-state index contributed by atoms with van der Waals surface area (Å²) in [4.78, 5) is 25.2. The monoisotopic (exact) mass is 282 g/mol. The van der Waals surface area contributed by atoms with E-state index >= 15 is 0 Å². The van der Waals surface area contributed by atoms with E-state index in [1.54, 1.807) is 0 Å². The second-order valence-electron chi connectivity index (χ2n) is 5.21. The van der Waals surface area contributed by atoms with E-state index in [4.69, 9.17) is 0 Å². The first kappa shape index (κ1) is 14.4. The number of benzene rings is 1. The van der Waals surface area contributed by atoms with Crippen molar-refractivity contribution in [2.75, 3.05) is 6.54 Å². The first-order valence-electron chi connectivity index (χ1n) is 6.40. The Bertz CT molecular complexity index is 526. The van der Waals surface area contributed by atoms with Gasteiger partial charge in [-0.15, -0.1) is 0 Å². The Labute approximate surface area is 115 Å². The van der Waals surface area contributed by atoms with Gasteiger partial charge in [0.2, 0.25) is 11.8 Å². The number of carbonyl (C=O) groups is 2. The highest BCUT2D eigenvalue weighted by atomic mass is 19.1. The SMILES string of the molecule is CC(C)C1C(=O)NCC(=O)N1Cc1cc(F)cc(F)c1. The number of piperazine rings is 1. The second kappa shape index (κ2) is 5.56. The van der Waals surface area contributed by atoms with Crippen molar-refractivity contribution < 1.29 is 18.4 Å². The molecule has 0 aromatic heterocycles. The quantitative estimate of drug-likeness (QED) is 0.912. The van der Waals surface area contributed by atoms with Gasteiger partial charge in [-0.3, -0.25) is 9.59 Å². The van der Waals surface area contributed by atoms with E-state index in [0.29, 0.717) is 5.56 Å². The predicted molar refractivity (Wildman–Crippen MR) is 68.5 cm³/mol. The van der Waals surface area contributed by atoms with Crippen LogP contribution in [0.2, 0.25) is 0 Å². The molecule has 2 rings (SSSR count). The lowest BCUT2D eigenvalue weighted by Gasteiger charge is -2.37. The second-order valence-corrected chi connectivity index (χ2v) is 5.21. The zero-order chi connectivity index (χ0) is 14.9. The number of hydrogen-bond acceptors (Lipinski definition) is 2. The Kier molecular flexibility index (Phi) is 4.01. The van der Waals surface area contributed by atoms with Crippen LogP contribution in [0.25, 0.3) is 0 Å². The van der Waals surface area contributed by atoms with Crippen molar-refractivity contribution in [2.45, 2.75) is 26.4 Å². The van der Waals surface area contributed by atoms with Crippen molar-refractivity contribution in [2.24, 2.45) is 5.92 Å². The van der Waals surface area contributed by atoms with Crippen molar-refractivity contribution in [3.8, 4) is 0 Å². The van der Waals surface area contributed by atoms with Gasteiger partial charge >= 0.3 is 0 Å². The summed E-state index contributed by atoms with van der Waals surface area (Å²) in [7, 11) is 0. The molecule has 2 amide bonds. The van der Waals surface area contributed by atoms with Crippen molar-refractivity contribution in [1.29, 1.82) is 0 Å². The van der Waals surface area contributed by atoms with Crippen LogP contribution in [-0.4, -0.2) is 29.3 Å². The van der Waals surface area contributed by atoms with Crippen LogP contribution in [-0.2, 0) is 16.1 Å². The maximum atomic E-state index is 13.2. The maximum Gasteiger partial charge on any atom is 0.243 e. The minimum atomic E-state index is -0.699. The van der Waals surface area contributed by atoms with E-state index in [1.165, 1.54) is 17.0 Å². The molecule has 20 heavy (non-hydrogen) atoms. The highest BCUT2D eigenvalue weighted by Crippen LogP contribution is 2.19. The van der Waals surface area contributed by atoms with Crippen LogP contribution in [0.3, 0.4) is 0 Å². The van der Waals surface area contributed by atoms with Crippen LogP contribution in [0.15, 0.2) is 18.2 Å². The van der Waals surface area contributed by atoms with Crippen LogP contribution >= 0.6 is 0 Å². The molecular formula is C14H16F2N2O2. The van der Waals surface area contributed by atoms with Crippen LogP contribution < -0.4 is 5.32 Å². The number of rotatable bonds is 3. The van der Waals surface area contributed by atoms with Gasteiger partial charge in [0.25, 0.3) is 0 Å². The van der Waals surface area contributed by atoms with Crippen LogP contribution in [0, 0.1) is 17.6 Å². The molecule has 1 fully saturated rings. The topological polar surface area (TPSA) is 49.4 Å². The fourth-order valence-electron chi connectivity index (χ4n) is 2.41. The van der Waals surface area contributed by atoms with E-state index in [2.05, 4.69) is 5.32 Å². The zero-order valence-electron chi connectivity index (χ0n) is 11.3. The fraction of sp³-hybridized carbons (Fsp3) is 0.429. The lowest BCUT2D eigenvalue weighted by atomic mass is 9.98. The molecule has 4 nitrogen and oxygen atoms in total. The Morgan fingerprint density at radius 2 is 1.85 bits per heavy atom. The van der Waals surface area contributed by atoms with Crippen LogP contribution in [0.1, 0.15) is 19.4 Å². The smallest absolute Gasteiger partial charge is 0.243 e. The summed E-state index contributed by atoms with van der Waals surface area (Å²) in [6.07, 6.45) is 0. The third-order valence-corrected chi connectivity index (χ3v) is 3.25. The van der Waals surface area contributed by atoms with Gasteiger partial charge in [-0.25, -0.2) is 8.78 Å². The molecule has 1 unspecified atom stereocenters. The molecule has 1 saturated heterocycles. The molecule has 6 heteroatoms. The molecule has 108 valence electrons. The lowest BCUT2D eigenvalue weighted by Crippen LogP contribution is -2.59. The van der Waals surface area contributed by atoms with E-state index < -0.39 is 17.7 Å². The van der Waals surface area contributed by atoms with Crippen molar-refractivity contribution in [3.05, 3.63) is 35.4 Å². The number of nitrogens with one attached hydrogen (secondary N) is 1. The van der Waals surface area contributed by atoms with E-state index in [9.17, 15) is 18.4 Å². The minimum Gasteiger partial charge on any atom is -0.345 e. The first-order valence-corrected chi connectivity index (χ1v) is 6.40. The van der Waals surface area contributed by atoms with Crippen molar-refractivity contribution >= 4 is 11.8 Å². The summed E-state index contributed by atoms with van der Waals surface area (Å²) in [5.74, 6) is -1.98. The average molecular weight is 282 g/mol. The molecule has 1 aliphatic rings. The summed E-state index contributed by atoms with van der Waals surface area (Å²) < 4.78 is 26.4. The third-order valence-electron chi connectivity index (χ3n) is 3.25. The summed E-state index contributed by atoms with van der Waals surface area (Å²) >= 11 is 0. The Balaban J connectivity index is 2.27. The standard InChI is InChI=1S/C14H16F2N2O2/c1-8(2)13-14(20)17-6-12(19)18(13)7-9-3-10(15)5-11(16)4-9/h3-5,8,13H,6-7H2,1-2H3,(H,17,20). The molecule has 0 bridgehead atoms. The van der Waals surface area contributed by atoms with Gasteiger partial charge in [-0.05, 0) is 23.6 Å². The lowest BCUT2D eigenvalue weighted by molar-refractivity contribution is -0.148. The van der Waals surface area contributed by atoms with Crippen molar-refractivity contribution in [3.63, 3.8) is 0 Å². The Hall–Kier alpha value is -1.98. The fourth-order valence-corrected chi connectivity index (χ4v) is 2.41. The molecule has 1 aromatic carbocycles. The number of amides is 2. The summed E-state index contributed by atoms with van der Waals surface area (Å²) in [5.41, 5.74) is 0.330. The minimum absolute atomic E-state index is 0.0176. The average Bonchev–Trinajstić information content (AvgIpc) is 2.32. The van der Waals surface area contributed by atoms with Crippen molar-refractivity contribution in [1.82, 2.24) is 10.2 Å². The van der Waals surface area contributed by atoms with E-state index in [1.807, 2.05) is 13.8 Å². The summed E-state index contributed by atoms with van der Waals surface area (Å²) in [6.45, 7) is 3.58. The molecule has 1 aromatic rings. The van der Waals surface area contributed by atoms with Gasteiger partial charge in [0.05, 0.1) is 6.54 Å². The van der Waals surface area contributed by atoms with E-state index in [0.717, 1.165) is 6.07 Å². The molecule has 1 N–H and O–H groups in total. The zero-order valence-corrected chi connectivity index (χ0v) is 11.3. The molecule has 1 aliphatic heterocycles. The molecule has 0 aliphatic carbocycles. The Morgan fingerprint density at radius 1 is 1.25 bits per heavy atom. The molecular weight excluding hydrogens is 266 g/mol. The number of halogens is 2. The predicted octanol–water partition coefficient (Wildman–Crippen LogP) is 1.45. The van der Waals surface area contributed by atoms with Crippen LogP contribution in [0.4, 0.5) is 8.78 Å². The van der Waals surface area contributed by atoms with Crippen LogP contribution in [0.5, 0.6) is 0 Å². The molecule has 1 heterocycles. The number of nitrogens with zero attached hydrogens (tertiary/aromatic N) is 1. The van der Waals surface area contributed by atoms with E-state index in [-0.39, 0.29) is 30.8 Å². The molecule has 0 saturated carbocycles. The normalized spacial score (nSPS) is 19.4. The molecule has 1 atom stereocenters. The molecule has 0 radical (unpaired) electrons. The number of hydrogen-bond donors (Lipinski definition) is 1. The highest BCUT2D eigenvalue weighted by Gasteiger charge is 2.36. The largest absolute Gasteiger partial charge is 0.345 e. The Morgan fingerprint density at radius 3 is 2.40 bits per heavy atom. The highest BCUT2D eigenvalue weighted by molar-refractivity contribution is 5.94. The van der Waals surface area contributed by atoms with Gasteiger partial charge in [0.1, 0.15) is 17.7 Å². The van der Waals surface area contributed by atoms with Gasteiger partial charge in [-0.1, -0.05) is 13.8 Å². The van der Waals surface area contributed by atoms with Gasteiger partial charge in [0.15, 0.2) is 0 Å². The first-order chi connectivity index (χ1) is 9.38. The van der Waals surface area contributed by atoms with Gasteiger partial charge < -0.3 is 10.2 Å². The maximum absolute atomic E-state index is 13.2. The van der Waals surface area contributed by atoms with Gasteiger partial charge in [0, 0.05) is 12.6 Å².